The van der Waals surface area contributed by atoms with Crippen LogP contribution in [0.3, 0.4) is 0 Å². The molecule has 6 nitrogen and oxygen atoms in total. The lowest BCUT2D eigenvalue weighted by Gasteiger charge is -2.20. The Labute approximate surface area is 159 Å². The number of pyridine rings is 1. The standard InChI is InChI=1S/C21H26N4O2/c1-22-21(27)19(13-15-5-2-3-6-15)25-20(26)16-7-4-8-18(14-16)24-17-9-11-23-12-10-17/h4,7-12,14-15,19H,2-3,5-6,13H2,1H3,(H,22,27)(H,23,24)(H,25,26). The van der Waals surface area contributed by atoms with Crippen LogP contribution >= 0.6 is 0 Å². The van der Waals surface area contributed by atoms with Crippen molar-refractivity contribution >= 4 is 23.2 Å². The van der Waals surface area contributed by atoms with Crippen molar-refractivity contribution in [2.24, 2.45) is 5.92 Å². The van der Waals surface area contributed by atoms with Crippen LogP contribution in [0, 0.1) is 5.92 Å². The molecule has 0 aliphatic heterocycles. The molecule has 0 bridgehead atoms. The van der Waals surface area contributed by atoms with Crippen molar-refractivity contribution in [3.63, 3.8) is 0 Å². The van der Waals surface area contributed by atoms with E-state index in [-0.39, 0.29) is 11.8 Å². The average Bonchev–Trinajstić information content (AvgIpc) is 3.21. The molecule has 2 amide bonds. The smallest absolute Gasteiger partial charge is 0.252 e. The van der Waals surface area contributed by atoms with Gasteiger partial charge in [-0.1, -0.05) is 31.7 Å². The van der Waals surface area contributed by atoms with E-state index in [4.69, 9.17) is 0 Å². The fraction of sp³-hybridized carbons (Fsp3) is 0.381. The fourth-order valence-corrected chi connectivity index (χ4v) is 3.57. The number of anilines is 2. The highest BCUT2D eigenvalue weighted by Gasteiger charge is 2.26. The minimum absolute atomic E-state index is 0.138. The fourth-order valence-electron chi connectivity index (χ4n) is 3.57. The zero-order chi connectivity index (χ0) is 19.1. The molecule has 1 saturated carbocycles. The van der Waals surface area contributed by atoms with Crippen LogP contribution in [-0.4, -0.2) is 29.9 Å². The largest absolute Gasteiger partial charge is 0.357 e. The summed E-state index contributed by atoms with van der Waals surface area (Å²) in [4.78, 5) is 28.9. The number of benzene rings is 1. The van der Waals surface area contributed by atoms with Crippen LogP contribution < -0.4 is 16.0 Å². The Balaban J connectivity index is 1.67. The summed E-state index contributed by atoms with van der Waals surface area (Å²) in [5.41, 5.74) is 2.22. The molecule has 3 N–H and O–H groups in total. The van der Waals surface area contributed by atoms with Gasteiger partial charge in [0, 0.05) is 36.4 Å². The normalized spacial score (nSPS) is 15.1. The Morgan fingerprint density at radius 3 is 2.56 bits per heavy atom. The zero-order valence-electron chi connectivity index (χ0n) is 15.6. The van der Waals surface area contributed by atoms with Crippen molar-refractivity contribution in [2.75, 3.05) is 12.4 Å². The highest BCUT2D eigenvalue weighted by molar-refractivity contribution is 5.98. The molecule has 1 heterocycles. The van der Waals surface area contributed by atoms with Gasteiger partial charge in [0.05, 0.1) is 0 Å². The van der Waals surface area contributed by atoms with Gasteiger partial charge in [0.1, 0.15) is 6.04 Å². The molecule has 0 spiro atoms. The minimum atomic E-state index is -0.498. The van der Waals surface area contributed by atoms with Gasteiger partial charge < -0.3 is 16.0 Å². The van der Waals surface area contributed by atoms with E-state index in [0.717, 1.165) is 24.2 Å². The minimum Gasteiger partial charge on any atom is -0.357 e. The first kappa shape index (κ1) is 18.9. The quantitative estimate of drug-likeness (QED) is 0.702. The second kappa shape index (κ2) is 9.16. The van der Waals surface area contributed by atoms with Gasteiger partial charge in [0.15, 0.2) is 0 Å². The Bertz CT molecular complexity index is 773. The summed E-state index contributed by atoms with van der Waals surface area (Å²) in [7, 11) is 1.61. The lowest BCUT2D eigenvalue weighted by atomic mass is 9.97. The highest BCUT2D eigenvalue weighted by atomic mass is 16.2. The van der Waals surface area contributed by atoms with Crippen molar-refractivity contribution in [1.29, 1.82) is 0 Å². The second-order valence-electron chi connectivity index (χ2n) is 6.97. The Morgan fingerprint density at radius 1 is 1.11 bits per heavy atom. The molecule has 1 aliphatic rings. The van der Waals surface area contributed by atoms with E-state index in [1.54, 1.807) is 31.6 Å². The van der Waals surface area contributed by atoms with Crippen molar-refractivity contribution in [3.8, 4) is 0 Å². The van der Waals surface area contributed by atoms with Gasteiger partial charge in [0.25, 0.3) is 5.91 Å². The summed E-state index contributed by atoms with van der Waals surface area (Å²) in [6.07, 6.45) is 8.79. The van der Waals surface area contributed by atoms with Crippen LogP contribution in [0.4, 0.5) is 11.4 Å². The number of carbonyl (C=O) groups excluding carboxylic acids is 2. The number of nitrogens with zero attached hydrogens (tertiary/aromatic N) is 1. The molecule has 1 aliphatic carbocycles. The molecule has 0 saturated heterocycles. The van der Waals surface area contributed by atoms with Gasteiger partial charge in [-0.05, 0) is 42.7 Å². The molecule has 1 unspecified atom stereocenters. The Hall–Kier alpha value is -2.89. The molecule has 27 heavy (non-hydrogen) atoms. The first-order chi connectivity index (χ1) is 13.2. The topological polar surface area (TPSA) is 83.1 Å². The van der Waals surface area contributed by atoms with Crippen LogP contribution in [0.15, 0.2) is 48.8 Å². The van der Waals surface area contributed by atoms with E-state index in [2.05, 4.69) is 20.9 Å². The summed E-state index contributed by atoms with van der Waals surface area (Å²) >= 11 is 0. The zero-order valence-corrected chi connectivity index (χ0v) is 15.6. The highest BCUT2D eigenvalue weighted by Crippen LogP contribution is 2.28. The lowest BCUT2D eigenvalue weighted by Crippen LogP contribution is -2.46. The maximum absolute atomic E-state index is 12.7. The number of aromatic nitrogens is 1. The Morgan fingerprint density at radius 2 is 1.85 bits per heavy atom. The molecule has 142 valence electrons. The third kappa shape index (κ3) is 5.29. The third-order valence-corrected chi connectivity index (χ3v) is 5.01. The van der Waals surface area contributed by atoms with E-state index in [9.17, 15) is 9.59 Å². The number of rotatable bonds is 7. The summed E-state index contributed by atoms with van der Waals surface area (Å²) in [5.74, 6) is 0.133. The van der Waals surface area contributed by atoms with Crippen LogP contribution in [0.1, 0.15) is 42.5 Å². The summed E-state index contributed by atoms with van der Waals surface area (Å²) in [5, 5.41) is 8.83. The SMILES string of the molecule is CNC(=O)C(CC1CCCC1)NC(=O)c1cccc(Nc2ccncc2)c1. The van der Waals surface area contributed by atoms with Crippen LogP contribution in [0.2, 0.25) is 0 Å². The maximum Gasteiger partial charge on any atom is 0.252 e. The number of amides is 2. The summed E-state index contributed by atoms with van der Waals surface area (Å²) < 4.78 is 0. The van der Waals surface area contributed by atoms with Gasteiger partial charge in [-0.25, -0.2) is 0 Å². The van der Waals surface area contributed by atoms with Gasteiger partial charge in [-0.3, -0.25) is 14.6 Å². The molecule has 1 atom stereocenters. The molecule has 6 heteroatoms. The molecule has 2 aromatic rings. The van der Waals surface area contributed by atoms with Crippen molar-refractivity contribution in [1.82, 2.24) is 15.6 Å². The average molecular weight is 366 g/mol. The first-order valence-corrected chi connectivity index (χ1v) is 9.45. The lowest BCUT2D eigenvalue weighted by molar-refractivity contribution is -0.122. The monoisotopic (exact) mass is 366 g/mol. The molecule has 3 rings (SSSR count). The Kier molecular flexibility index (Phi) is 6.41. The first-order valence-electron chi connectivity index (χ1n) is 9.45. The molecule has 0 radical (unpaired) electrons. The number of carbonyl (C=O) groups is 2. The van der Waals surface area contributed by atoms with Crippen molar-refractivity contribution in [2.45, 2.75) is 38.1 Å². The predicted molar refractivity (Wildman–Crippen MR) is 106 cm³/mol. The van der Waals surface area contributed by atoms with E-state index in [1.807, 2.05) is 24.3 Å². The number of nitrogens with one attached hydrogen (secondary N) is 3. The second-order valence-corrected chi connectivity index (χ2v) is 6.97. The van der Waals surface area contributed by atoms with E-state index in [1.165, 1.54) is 12.8 Å². The predicted octanol–water partition coefficient (Wildman–Crippen LogP) is 3.25. The van der Waals surface area contributed by atoms with Crippen LogP contribution in [-0.2, 0) is 4.79 Å². The maximum atomic E-state index is 12.7. The van der Waals surface area contributed by atoms with E-state index < -0.39 is 6.04 Å². The van der Waals surface area contributed by atoms with Crippen molar-refractivity contribution < 1.29 is 9.59 Å². The molecule has 1 aromatic carbocycles. The van der Waals surface area contributed by atoms with Crippen LogP contribution in [0.25, 0.3) is 0 Å². The van der Waals surface area contributed by atoms with Gasteiger partial charge in [-0.15, -0.1) is 0 Å². The summed E-state index contributed by atoms with van der Waals surface area (Å²) in [6, 6.07) is 10.5. The number of hydrogen-bond donors (Lipinski definition) is 3. The van der Waals surface area contributed by atoms with Gasteiger partial charge in [-0.2, -0.15) is 0 Å². The molecule has 1 fully saturated rings. The van der Waals surface area contributed by atoms with Gasteiger partial charge >= 0.3 is 0 Å². The number of likely N-dealkylation sites (N-methyl/N-ethyl adjacent to an activating group) is 1. The molecule has 1 aromatic heterocycles. The van der Waals surface area contributed by atoms with Crippen molar-refractivity contribution in [3.05, 3.63) is 54.4 Å². The number of hydrogen-bond acceptors (Lipinski definition) is 4. The molecular formula is C21H26N4O2. The van der Waals surface area contributed by atoms with E-state index in [0.29, 0.717) is 17.9 Å². The van der Waals surface area contributed by atoms with Gasteiger partial charge in [0.2, 0.25) is 5.91 Å². The summed E-state index contributed by atoms with van der Waals surface area (Å²) in [6.45, 7) is 0. The van der Waals surface area contributed by atoms with E-state index >= 15 is 0 Å². The van der Waals surface area contributed by atoms with Crippen LogP contribution in [0.5, 0.6) is 0 Å². The third-order valence-electron chi connectivity index (χ3n) is 5.01. The molecular weight excluding hydrogens is 340 g/mol.